The molecule has 3 aromatic rings. The second kappa shape index (κ2) is 11.5. The van der Waals surface area contributed by atoms with Crippen molar-refractivity contribution in [3.05, 3.63) is 89.5 Å². The zero-order chi connectivity index (χ0) is 26.4. The molecule has 0 radical (unpaired) electrons. The molecule has 0 aromatic heterocycles. The van der Waals surface area contributed by atoms with Gasteiger partial charge in [-0.1, -0.05) is 42.5 Å². The Morgan fingerprint density at radius 1 is 0.889 bits per heavy atom. The summed E-state index contributed by atoms with van der Waals surface area (Å²) in [6, 6.07) is 14.9. The van der Waals surface area contributed by atoms with Gasteiger partial charge in [0.25, 0.3) is 5.91 Å². The molecule has 0 aliphatic rings. The predicted octanol–water partition coefficient (Wildman–Crippen LogP) is 3.29. The molecule has 2 unspecified atom stereocenters. The van der Waals surface area contributed by atoms with Crippen LogP contribution in [0.1, 0.15) is 30.2 Å². The van der Waals surface area contributed by atoms with Gasteiger partial charge in [0.2, 0.25) is 5.91 Å². The number of nitrogens with one attached hydrogen (secondary N) is 2. The Hall–Kier alpha value is -4.11. The number of amides is 2. The minimum atomic E-state index is -1.89. The van der Waals surface area contributed by atoms with E-state index >= 15 is 0 Å². The Labute approximate surface area is 207 Å². The fraction of sp³-hybridized carbons (Fsp3) is 0.222. The maximum Gasteiger partial charge on any atom is 0.254 e. The highest BCUT2D eigenvalue weighted by Crippen LogP contribution is 2.34. The number of rotatable bonds is 9. The first-order valence-corrected chi connectivity index (χ1v) is 11.2. The number of hydrogen-bond donors (Lipinski definition) is 3. The van der Waals surface area contributed by atoms with E-state index in [4.69, 9.17) is 0 Å². The third kappa shape index (κ3) is 6.11. The molecule has 0 saturated carbocycles. The summed E-state index contributed by atoms with van der Waals surface area (Å²) in [6.07, 6.45) is -1.30. The van der Waals surface area contributed by atoms with Crippen molar-refractivity contribution in [3.8, 4) is 11.1 Å². The number of anilines is 1. The minimum absolute atomic E-state index is 0.295. The fourth-order valence-corrected chi connectivity index (χ4v) is 3.81. The second-order valence-electron chi connectivity index (χ2n) is 8.46. The van der Waals surface area contributed by atoms with Crippen molar-refractivity contribution in [1.29, 1.82) is 0 Å². The van der Waals surface area contributed by atoms with E-state index in [1.54, 1.807) is 12.1 Å². The molecule has 7 nitrogen and oxygen atoms in total. The van der Waals surface area contributed by atoms with Crippen LogP contribution in [0.25, 0.3) is 11.1 Å². The van der Waals surface area contributed by atoms with Crippen molar-refractivity contribution < 1.29 is 28.3 Å². The van der Waals surface area contributed by atoms with E-state index in [0.29, 0.717) is 17.9 Å². The van der Waals surface area contributed by atoms with Crippen LogP contribution in [0, 0.1) is 11.6 Å². The molecule has 188 valence electrons. The van der Waals surface area contributed by atoms with Gasteiger partial charge in [0, 0.05) is 31.4 Å². The Balaban J connectivity index is 1.78. The second-order valence-corrected chi connectivity index (χ2v) is 8.46. The molecule has 0 bridgehead atoms. The summed E-state index contributed by atoms with van der Waals surface area (Å²) < 4.78 is 26.9. The first kappa shape index (κ1) is 26.5. The van der Waals surface area contributed by atoms with Crippen LogP contribution in [0.4, 0.5) is 14.5 Å². The van der Waals surface area contributed by atoms with Gasteiger partial charge in [-0.2, -0.15) is 0 Å². The summed E-state index contributed by atoms with van der Waals surface area (Å²) in [4.78, 5) is 39.2. The van der Waals surface area contributed by atoms with Crippen molar-refractivity contribution in [3.63, 3.8) is 0 Å². The molecule has 3 N–H and O–H groups in total. The summed E-state index contributed by atoms with van der Waals surface area (Å²) in [5, 5.41) is 15.1. The lowest BCUT2D eigenvalue weighted by molar-refractivity contribution is -0.134. The van der Waals surface area contributed by atoms with Gasteiger partial charge in [-0.25, -0.2) is 8.78 Å². The first-order chi connectivity index (χ1) is 17.1. The SMILES string of the molecule is CC(NC(=O)C(O)c1cc(F)cc(F)c1)C(=O)N[C@H](C=O)c1ccccc1-c1ccccc1N(C)C. The molecule has 0 aliphatic carbocycles. The van der Waals surface area contributed by atoms with Crippen molar-refractivity contribution in [2.45, 2.75) is 25.1 Å². The van der Waals surface area contributed by atoms with Crippen LogP contribution in [0.3, 0.4) is 0 Å². The Bertz CT molecular complexity index is 1250. The van der Waals surface area contributed by atoms with Crippen LogP contribution in [0.5, 0.6) is 0 Å². The van der Waals surface area contributed by atoms with Gasteiger partial charge in [-0.05, 0) is 41.8 Å². The summed E-state index contributed by atoms with van der Waals surface area (Å²) in [5.74, 6) is -3.61. The molecule has 0 spiro atoms. The van der Waals surface area contributed by atoms with Crippen molar-refractivity contribution >= 4 is 23.8 Å². The Morgan fingerprint density at radius 3 is 2.08 bits per heavy atom. The van der Waals surface area contributed by atoms with Gasteiger partial charge in [-0.15, -0.1) is 0 Å². The molecule has 0 heterocycles. The van der Waals surface area contributed by atoms with Gasteiger partial charge in [0.1, 0.15) is 30.0 Å². The lowest BCUT2D eigenvalue weighted by Crippen LogP contribution is -2.47. The fourth-order valence-electron chi connectivity index (χ4n) is 3.81. The van der Waals surface area contributed by atoms with Gasteiger partial charge in [-0.3, -0.25) is 9.59 Å². The maximum atomic E-state index is 13.4. The Kier molecular flexibility index (Phi) is 8.50. The van der Waals surface area contributed by atoms with Crippen LogP contribution in [-0.4, -0.2) is 43.3 Å². The third-order valence-corrected chi connectivity index (χ3v) is 5.61. The molecule has 0 aliphatic heterocycles. The number of para-hydroxylation sites is 1. The average molecular weight is 496 g/mol. The van der Waals surface area contributed by atoms with Crippen LogP contribution in [0.15, 0.2) is 66.7 Å². The number of hydrogen-bond acceptors (Lipinski definition) is 5. The smallest absolute Gasteiger partial charge is 0.254 e. The molecular weight excluding hydrogens is 468 g/mol. The van der Waals surface area contributed by atoms with E-state index in [0.717, 1.165) is 28.9 Å². The number of carbonyl (C=O) groups excluding carboxylic acids is 3. The summed E-state index contributed by atoms with van der Waals surface area (Å²) >= 11 is 0. The highest BCUT2D eigenvalue weighted by Gasteiger charge is 2.26. The monoisotopic (exact) mass is 495 g/mol. The standard InChI is InChI=1S/C27H27F2N3O4/c1-16(30-27(36)25(34)17-12-18(28)14-19(29)13-17)26(35)31-23(15-33)21-9-5-4-8-20(21)22-10-6-7-11-24(22)32(2)3/h4-16,23,25,34H,1-3H3,(H,30,36)(H,31,35)/t16?,23-,25?/m1/s1. The molecule has 0 saturated heterocycles. The normalized spacial score (nSPS) is 13.3. The first-order valence-electron chi connectivity index (χ1n) is 11.2. The number of carbonyl (C=O) groups is 3. The average Bonchev–Trinajstić information content (AvgIpc) is 2.85. The highest BCUT2D eigenvalue weighted by atomic mass is 19.1. The van der Waals surface area contributed by atoms with E-state index < -0.39 is 41.6 Å². The number of aldehydes is 1. The molecule has 3 rings (SSSR count). The lowest BCUT2D eigenvalue weighted by Gasteiger charge is -2.23. The third-order valence-electron chi connectivity index (χ3n) is 5.61. The number of halogens is 2. The molecule has 0 fully saturated rings. The van der Waals surface area contributed by atoms with E-state index in [1.807, 2.05) is 55.4 Å². The van der Waals surface area contributed by atoms with Crippen molar-refractivity contribution in [1.82, 2.24) is 10.6 Å². The molecule has 2 amide bonds. The molecule has 36 heavy (non-hydrogen) atoms. The van der Waals surface area contributed by atoms with Crippen LogP contribution < -0.4 is 15.5 Å². The number of benzene rings is 3. The molecule has 3 aromatic carbocycles. The topological polar surface area (TPSA) is 98.7 Å². The maximum absolute atomic E-state index is 13.4. The lowest BCUT2D eigenvalue weighted by atomic mass is 9.94. The zero-order valence-electron chi connectivity index (χ0n) is 20.0. The minimum Gasteiger partial charge on any atom is -0.378 e. The Morgan fingerprint density at radius 2 is 1.47 bits per heavy atom. The summed E-state index contributed by atoms with van der Waals surface area (Å²) in [7, 11) is 3.80. The van der Waals surface area contributed by atoms with Gasteiger partial charge >= 0.3 is 0 Å². The van der Waals surface area contributed by atoms with E-state index in [1.165, 1.54) is 6.92 Å². The molecule has 9 heteroatoms. The van der Waals surface area contributed by atoms with Crippen LogP contribution in [-0.2, 0) is 14.4 Å². The predicted molar refractivity (Wildman–Crippen MR) is 132 cm³/mol. The van der Waals surface area contributed by atoms with Crippen molar-refractivity contribution in [2.75, 3.05) is 19.0 Å². The zero-order valence-corrected chi connectivity index (χ0v) is 20.0. The number of nitrogens with zero attached hydrogens (tertiary/aromatic N) is 1. The highest BCUT2D eigenvalue weighted by molar-refractivity contribution is 5.91. The summed E-state index contributed by atoms with van der Waals surface area (Å²) in [5.41, 5.74) is 2.80. The van der Waals surface area contributed by atoms with E-state index in [-0.39, 0.29) is 5.56 Å². The van der Waals surface area contributed by atoms with Crippen LogP contribution >= 0.6 is 0 Å². The molecular formula is C27H27F2N3O4. The summed E-state index contributed by atoms with van der Waals surface area (Å²) in [6.45, 7) is 1.36. The van der Waals surface area contributed by atoms with Gasteiger partial charge < -0.3 is 25.4 Å². The van der Waals surface area contributed by atoms with Crippen LogP contribution in [0.2, 0.25) is 0 Å². The number of aliphatic hydroxyl groups excluding tert-OH is 1. The van der Waals surface area contributed by atoms with Gasteiger partial charge in [0.05, 0.1) is 0 Å². The van der Waals surface area contributed by atoms with E-state index in [9.17, 15) is 28.3 Å². The van der Waals surface area contributed by atoms with Gasteiger partial charge in [0.15, 0.2) is 6.10 Å². The molecule has 3 atom stereocenters. The largest absolute Gasteiger partial charge is 0.378 e. The van der Waals surface area contributed by atoms with E-state index in [2.05, 4.69) is 10.6 Å². The van der Waals surface area contributed by atoms with Crippen molar-refractivity contribution in [2.24, 2.45) is 0 Å². The number of aliphatic hydroxyl groups is 1. The quantitative estimate of drug-likeness (QED) is 0.396.